The number of hydrazone groups is 1. The molecule has 0 radical (unpaired) electrons. The standard InChI is InChI=1S/C30H35FN4O2/c1-30(2,3)25-8-6-23(7-9-25)29(36)33-32-20-22-5-14-28(37-4)24(19-22)21-34-15-17-35(18-16-34)27-12-10-26(31)11-13-27/h5-14,19-20H,15-18,21H2,1-4H3,(H,33,36). The number of ether oxygens (including phenoxy) is 1. The summed E-state index contributed by atoms with van der Waals surface area (Å²) in [6.45, 7) is 10.7. The van der Waals surface area contributed by atoms with Gasteiger partial charge in [-0.15, -0.1) is 0 Å². The van der Waals surface area contributed by atoms with E-state index in [2.05, 4.69) is 41.1 Å². The number of rotatable bonds is 7. The van der Waals surface area contributed by atoms with Crippen molar-refractivity contribution >= 4 is 17.8 Å². The van der Waals surface area contributed by atoms with Crippen LogP contribution in [0.25, 0.3) is 0 Å². The zero-order valence-corrected chi connectivity index (χ0v) is 22.0. The fourth-order valence-electron chi connectivity index (χ4n) is 4.41. The highest BCUT2D eigenvalue weighted by molar-refractivity contribution is 5.95. The van der Waals surface area contributed by atoms with E-state index < -0.39 is 0 Å². The minimum absolute atomic E-state index is 0.0371. The zero-order valence-electron chi connectivity index (χ0n) is 22.0. The first-order chi connectivity index (χ1) is 17.7. The third-order valence-corrected chi connectivity index (χ3v) is 6.66. The van der Waals surface area contributed by atoms with Crippen molar-refractivity contribution < 1.29 is 13.9 Å². The molecular formula is C30H35FN4O2. The summed E-state index contributed by atoms with van der Waals surface area (Å²) in [7, 11) is 1.67. The smallest absolute Gasteiger partial charge is 0.271 e. The summed E-state index contributed by atoms with van der Waals surface area (Å²) in [5.74, 6) is 0.359. The number of carbonyl (C=O) groups excluding carboxylic acids is 1. The number of hydrogen-bond acceptors (Lipinski definition) is 5. The van der Waals surface area contributed by atoms with Gasteiger partial charge < -0.3 is 9.64 Å². The number of hydrogen-bond donors (Lipinski definition) is 1. The lowest BCUT2D eigenvalue weighted by molar-refractivity contribution is 0.0955. The Kier molecular flexibility index (Phi) is 8.24. The minimum atomic E-state index is -0.246. The SMILES string of the molecule is COc1ccc(C=NNC(=O)c2ccc(C(C)(C)C)cc2)cc1CN1CCN(c2ccc(F)cc2)CC1. The van der Waals surface area contributed by atoms with Crippen molar-refractivity contribution in [1.29, 1.82) is 0 Å². The number of nitrogens with one attached hydrogen (secondary N) is 1. The van der Waals surface area contributed by atoms with Crippen LogP contribution in [0.3, 0.4) is 0 Å². The van der Waals surface area contributed by atoms with Crippen LogP contribution in [0.1, 0.15) is 47.8 Å². The second kappa shape index (κ2) is 11.6. The maximum Gasteiger partial charge on any atom is 0.271 e. The molecule has 6 nitrogen and oxygen atoms in total. The summed E-state index contributed by atoms with van der Waals surface area (Å²) in [5.41, 5.74) is 7.39. The van der Waals surface area contributed by atoms with Crippen molar-refractivity contribution in [3.63, 3.8) is 0 Å². The predicted octanol–water partition coefficient (Wildman–Crippen LogP) is 5.22. The van der Waals surface area contributed by atoms with Gasteiger partial charge in [-0.05, 0) is 71.1 Å². The number of methoxy groups -OCH3 is 1. The van der Waals surface area contributed by atoms with Crippen LogP contribution in [0.5, 0.6) is 5.75 Å². The van der Waals surface area contributed by atoms with Gasteiger partial charge >= 0.3 is 0 Å². The molecule has 1 saturated heterocycles. The molecule has 1 aliphatic rings. The summed E-state index contributed by atoms with van der Waals surface area (Å²) < 4.78 is 18.8. The number of piperazine rings is 1. The zero-order chi connectivity index (χ0) is 26.4. The van der Waals surface area contributed by atoms with E-state index >= 15 is 0 Å². The molecular weight excluding hydrogens is 467 g/mol. The van der Waals surface area contributed by atoms with E-state index in [0.717, 1.165) is 55.3 Å². The van der Waals surface area contributed by atoms with Crippen molar-refractivity contribution in [2.24, 2.45) is 5.10 Å². The average molecular weight is 503 g/mol. The van der Waals surface area contributed by atoms with Crippen molar-refractivity contribution in [3.05, 3.63) is 94.8 Å². The van der Waals surface area contributed by atoms with Gasteiger partial charge in [-0.25, -0.2) is 9.82 Å². The Balaban J connectivity index is 1.35. The summed E-state index contributed by atoms with van der Waals surface area (Å²) in [6, 6.07) is 20.2. The second-order valence-electron chi connectivity index (χ2n) is 10.3. The number of amides is 1. The third kappa shape index (κ3) is 6.95. The van der Waals surface area contributed by atoms with Crippen LogP contribution in [-0.4, -0.2) is 50.3 Å². The van der Waals surface area contributed by atoms with Gasteiger partial charge in [-0.3, -0.25) is 9.69 Å². The van der Waals surface area contributed by atoms with Gasteiger partial charge in [0.25, 0.3) is 5.91 Å². The van der Waals surface area contributed by atoms with Crippen molar-refractivity contribution in [1.82, 2.24) is 10.3 Å². The highest BCUT2D eigenvalue weighted by Gasteiger charge is 2.19. The first-order valence-electron chi connectivity index (χ1n) is 12.6. The molecule has 3 aromatic carbocycles. The van der Waals surface area contributed by atoms with Crippen LogP contribution in [0.4, 0.5) is 10.1 Å². The van der Waals surface area contributed by atoms with E-state index in [4.69, 9.17) is 4.74 Å². The van der Waals surface area contributed by atoms with E-state index in [9.17, 15) is 9.18 Å². The van der Waals surface area contributed by atoms with Crippen LogP contribution >= 0.6 is 0 Å². The van der Waals surface area contributed by atoms with Crippen molar-refractivity contribution in [2.75, 3.05) is 38.2 Å². The molecule has 194 valence electrons. The molecule has 0 atom stereocenters. The molecule has 1 aliphatic heterocycles. The number of carbonyl (C=O) groups is 1. The molecule has 0 aliphatic carbocycles. The highest BCUT2D eigenvalue weighted by atomic mass is 19.1. The summed E-state index contributed by atoms with van der Waals surface area (Å²) >= 11 is 0. The quantitative estimate of drug-likeness (QED) is 0.356. The fourth-order valence-corrected chi connectivity index (χ4v) is 4.41. The minimum Gasteiger partial charge on any atom is -0.496 e. The van der Waals surface area contributed by atoms with Gasteiger partial charge in [0.2, 0.25) is 0 Å². The Morgan fingerprint density at radius 3 is 2.30 bits per heavy atom. The molecule has 7 heteroatoms. The molecule has 0 aromatic heterocycles. The van der Waals surface area contributed by atoms with Crippen LogP contribution < -0.4 is 15.1 Å². The Labute approximate surface area is 218 Å². The topological polar surface area (TPSA) is 57.2 Å². The summed E-state index contributed by atoms with van der Waals surface area (Å²) in [6.07, 6.45) is 1.65. The van der Waals surface area contributed by atoms with Crippen LogP contribution in [0.15, 0.2) is 71.8 Å². The Bertz CT molecular complexity index is 1230. The molecule has 1 amide bonds. The van der Waals surface area contributed by atoms with E-state index in [-0.39, 0.29) is 17.1 Å². The lowest BCUT2D eigenvalue weighted by Crippen LogP contribution is -2.46. The molecule has 1 heterocycles. The normalized spacial score (nSPS) is 14.7. The number of benzene rings is 3. The predicted molar refractivity (Wildman–Crippen MR) is 147 cm³/mol. The van der Waals surface area contributed by atoms with E-state index in [0.29, 0.717) is 5.56 Å². The Morgan fingerprint density at radius 1 is 1.00 bits per heavy atom. The maximum absolute atomic E-state index is 13.2. The fraction of sp³-hybridized carbons (Fsp3) is 0.333. The summed E-state index contributed by atoms with van der Waals surface area (Å²) in [5, 5.41) is 4.17. The van der Waals surface area contributed by atoms with Crippen LogP contribution in [-0.2, 0) is 12.0 Å². The molecule has 3 aromatic rings. The molecule has 4 rings (SSSR count). The first kappa shape index (κ1) is 26.4. The van der Waals surface area contributed by atoms with Gasteiger partial charge in [0.05, 0.1) is 13.3 Å². The van der Waals surface area contributed by atoms with Gasteiger partial charge in [0.1, 0.15) is 11.6 Å². The lowest BCUT2D eigenvalue weighted by Gasteiger charge is -2.36. The van der Waals surface area contributed by atoms with Crippen molar-refractivity contribution in [2.45, 2.75) is 32.7 Å². The molecule has 0 spiro atoms. The first-order valence-corrected chi connectivity index (χ1v) is 12.6. The van der Waals surface area contributed by atoms with Gasteiger partial charge in [0, 0.05) is 49.5 Å². The van der Waals surface area contributed by atoms with Crippen molar-refractivity contribution in [3.8, 4) is 5.75 Å². The second-order valence-corrected chi connectivity index (χ2v) is 10.3. The van der Waals surface area contributed by atoms with Crippen LogP contribution in [0, 0.1) is 5.82 Å². The van der Waals surface area contributed by atoms with E-state index in [1.54, 1.807) is 13.3 Å². The van der Waals surface area contributed by atoms with Gasteiger partial charge in [0.15, 0.2) is 0 Å². The average Bonchev–Trinajstić information content (AvgIpc) is 2.89. The Morgan fingerprint density at radius 2 is 1.68 bits per heavy atom. The number of anilines is 1. The molecule has 0 saturated carbocycles. The Hall–Kier alpha value is -3.71. The number of halogens is 1. The maximum atomic E-state index is 13.2. The molecule has 0 unspecified atom stereocenters. The number of nitrogens with zero attached hydrogens (tertiary/aromatic N) is 3. The molecule has 1 fully saturated rings. The lowest BCUT2D eigenvalue weighted by atomic mass is 9.87. The van der Waals surface area contributed by atoms with E-state index in [1.807, 2.05) is 54.6 Å². The van der Waals surface area contributed by atoms with Crippen LogP contribution in [0.2, 0.25) is 0 Å². The molecule has 37 heavy (non-hydrogen) atoms. The molecule has 0 bridgehead atoms. The largest absolute Gasteiger partial charge is 0.496 e. The monoisotopic (exact) mass is 502 g/mol. The third-order valence-electron chi connectivity index (χ3n) is 6.66. The van der Waals surface area contributed by atoms with E-state index in [1.165, 1.54) is 17.7 Å². The van der Waals surface area contributed by atoms with Gasteiger partial charge in [-0.1, -0.05) is 32.9 Å². The molecule has 1 N–H and O–H groups in total. The summed E-state index contributed by atoms with van der Waals surface area (Å²) in [4.78, 5) is 17.1. The van der Waals surface area contributed by atoms with Gasteiger partial charge in [-0.2, -0.15) is 5.10 Å². The highest BCUT2D eigenvalue weighted by Crippen LogP contribution is 2.24.